The minimum absolute atomic E-state index is 0.119. The van der Waals surface area contributed by atoms with Gasteiger partial charge in [-0.3, -0.25) is 0 Å². The van der Waals surface area contributed by atoms with Gasteiger partial charge in [-0.2, -0.15) is 5.10 Å². The Morgan fingerprint density at radius 1 is 1.33 bits per heavy atom. The summed E-state index contributed by atoms with van der Waals surface area (Å²) >= 11 is 12.3. The van der Waals surface area contributed by atoms with Crippen molar-refractivity contribution in [3.8, 4) is 5.82 Å². The number of hydrogen-bond acceptors (Lipinski definition) is 3. The van der Waals surface area contributed by atoms with Gasteiger partial charge in [-0.25, -0.2) is 14.6 Å². The second kappa shape index (κ2) is 4.86. The van der Waals surface area contributed by atoms with E-state index in [0.717, 1.165) is 11.3 Å². The van der Waals surface area contributed by atoms with E-state index in [9.17, 15) is 0 Å². The zero-order chi connectivity index (χ0) is 13.3. The van der Waals surface area contributed by atoms with E-state index in [1.165, 1.54) is 6.33 Å². The van der Waals surface area contributed by atoms with Crippen LogP contribution in [0.1, 0.15) is 32.0 Å². The van der Waals surface area contributed by atoms with Gasteiger partial charge < -0.3 is 0 Å². The third-order valence-electron chi connectivity index (χ3n) is 2.55. The van der Waals surface area contributed by atoms with Crippen molar-refractivity contribution in [1.29, 1.82) is 0 Å². The van der Waals surface area contributed by atoms with E-state index in [0.29, 0.717) is 16.9 Å². The molecule has 96 valence electrons. The zero-order valence-electron chi connectivity index (χ0n) is 10.5. The van der Waals surface area contributed by atoms with Gasteiger partial charge in [0.2, 0.25) is 0 Å². The molecular formula is C12H14Cl2N4. The molecule has 0 spiro atoms. The predicted octanol–water partition coefficient (Wildman–Crippen LogP) is 3.35. The lowest BCUT2D eigenvalue weighted by Crippen LogP contribution is -2.14. The number of rotatable bonds is 2. The van der Waals surface area contributed by atoms with Gasteiger partial charge in [-0.1, -0.05) is 32.4 Å². The molecule has 4 nitrogen and oxygen atoms in total. The first kappa shape index (κ1) is 13.3. The van der Waals surface area contributed by atoms with Crippen molar-refractivity contribution in [2.75, 3.05) is 0 Å². The lowest BCUT2D eigenvalue weighted by atomic mass is 9.90. The van der Waals surface area contributed by atoms with Crippen LogP contribution in [-0.2, 0) is 11.3 Å². The quantitative estimate of drug-likeness (QED) is 0.795. The Hall–Kier alpha value is -1.13. The second-order valence-corrected chi connectivity index (χ2v) is 5.61. The Morgan fingerprint density at radius 2 is 2.06 bits per heavy atom. The number of hydrogen-bond donors (Lipinski definition) is 0. The third kappa shape index (κ3) is 2.35. The summed E-state index contributed by atoms with van der Waals surface area (Å²) in [6.45, 7) is 6.23. The summed E-state index contributed by atoms with van der Waals surface area (Å²) in [5.74, 6) is 0.966. The van der Waals surface area contributed by atoms with Crippen LogP contribution in [0.15, 0.2) is 18.6 Å². The minimum Gasteiger partial charge on any atom is -0.245 e. The van der Waals surface area contributed by atoms with Gasteiger partial charge in [0.15, 0.2) is 5.82 Å². The van der Waals surface area contributed by atoms with Crippen LogP contribution in [0.2, 0.25) is 5.15 Å². The monoisotopic (exact) mass is 284 g/mol. The molecule has 2 heterocycles. The molecule has 0 saturated heterocycles. The molecule has 0 aromatic carbocycles. The van der Waals surface area contributed by atoms with Crippen molar-refractivity contribution in [2.45, 2.75) is 32.1 Å². The molecule has 0 atom stereocenters. The van der Waals surface area contributed by atoms with Crippen molar-refractivity contribution >= 4 is 23.2 Å². The molecule has 2 rings (SSSR count). The first-order chi connectivity index (χ1) is 8.45. The van der Waals surface area contributed by atoms with Crippen LogP contribution in [0.5, 0.6) is 0 Å². The van der Waals surface area contributed by atoms with Crippen LogP contribution >= 0.6 is 23.2 Å². The van der Waals surface area contributed by atoms with Gasteiger partial charge in [0.25, 0.3) is 0 Å². The summed E-state index contributed by atoms with van der Waals surface area (Å²) in [5.41, 5.74) is 1.62. The molecule has 0 N–H and O–H groups in total. The molecular weight excluding hydrogens is 271 g/mol. The number of aromatic nitrogens is 4. The van der Waals surface area contributed by atoms with E-state index in [1.807, 2.05) is 0 Å². The number of halogens is 2. The fourth-order valence-electron chi connectivity index (χ4n) is 1.71. The first-order valence-electron chi connectivity index (χ1n) is 5.55. The van der Waals surface area contributed by atoms with Gasteiger partial charge in [0.05, 0.1) is 11.6 Å². The summed E-state index contributed by atoms with van der Waals surface area (Å²) in [6.07, 6.45) is 3.11. The Morgan fingerprint density at radius 3 is 2.50 bits per heavy atom. The Labute approximate surface area is 116 Å². The molecule has 0 fully saturated rings. The molecule has 0 bridgehead atoms. The van der Waals surface area contributed by atoms with Crippen LogP contribution in [0.4, 0.5) is 0 Å². The highest BCUT2D eigenvalue weighted by Crippen LogP contribution is 2.32. The maximum absolute atomic E-state index is 6.33. The highest BCUT2D eigenvalue weighted by Gasteiger charge is 2.26. The fraction of sp³-hybridized carbons (Fsp3) is 0.417. The lowest BCUT2D eigenvalue weighted by Gasteiger charge is -2.16. The van der Waals surface area contributed by atoms with Crippen LogP contribution in [0.25, 0.3) is 5.82 Å². The van der Waals surface area contributed by atoms with Gasteiger partial charge >= 0.3 is 0 Å². The summed E-state index contributed by atoms with van der Waals surface area (Å²) in [7, 11) is 0. The van der Waals surface area contributed by atoms with E-state index in [2.05, 4.69) is 35.8 Å². The highest BCUT2D eigenvalue weighted by atomic mass is 35.5. The minimum atomic E-state index is -0.119. The van der Waals surface area contributed by atoms with Crippen LogP contribution < -0.4 is 0 Å². The Balaban J connectivity index is 2.61. The summed E-state index contributed by atoms with van der Waals surface area (Å²) in [6, 6.07) is 1.75. The number of nitrogens with zero attached hydrogens (tertiary/aromatic N) is 4. The van der Waals surface area contributed by atoms with Crippen molar-refractivity contribution < 1.29 is 0 Å². The molecule has 0 aliphatic carbocycles. The molecule has 0 aliphatic rings. The SMILES string of the molecule is CC(C)(C)c1nn(-c2ccncn2)c(Cl)c1CCl. The molecule has 2 aromatic rings. The van der Waals surface area contributed by atoms with Crippen LogP contribution in [0, 0.1) is 0 Å². The predicted molar refractivity (Wildman–Crippen MR) is 72.4 cm³/mol. The smallest absolute Gasteiger partial charge is 0.158 e. The van der Waals surface area contributed by atoms with E-state index < -0.39 is 0 Å². The van der Waals surface area contributed by atoms with Gasteiger partial charge in [0, 0.05) is 23.2 Å². The summed E-state index contributed by atoms with van der Waals surface area (Å²) < 4.78 is 1.60. The molecule has 0 aliphatic heterocycles. The van der Waals surface area contributed by atoms with E-state index in [-0.39, 0.29) is 5.41 Å². The summed E-state index contributed by atoms with van der Waals surface area (Å²) in [4.78, 5) is 8.02. The molecule has 18 heavy (non-hydrogen) atoms. The molecule has 0 unspecified atom stereocenters. The maximum Gasteiger partial charge on any atom is 0.158 e. The average molecular weight is 285 g/mol. The Bertz CT molecular complexity index is 543. The average Bonchev–Trinajstić information content (AvgIpc) is 2.67. The second-order valence-electron chi connectivity index (χ2n) is 4.98. The van der Waals surface area contributed by atoms with Gasteiger partial charge in [-0.15, -0.1) is 11.6 Å². The normalized spacial score (nSPS) is 11.8. The lowest BCUT2D eigenvalue weighted by molar-refractivity contribution is 0.556. The van der Waals surface area contributed by atoms with Gasteiger partial charge in [-0.05, 0) is 0 Å². The molecule has 0 saturated carbocycles. The van der Waals surface area contributed by atoms with E-state index in [4.69, 9.17) is 23.2 Å². The first-order valence-corrected chi connectivity index (χ1v) is 6.46. The molecule has 0 radical (unpaired) electrons. The van der Waals surface area contributed by atoms with E-state index in [1.54, 1.807) is 16.9 Å². The largest absolute Gasteiger partial charge is 0.245 e. The van der Waals surface area contributed by atoms with Gasteiger partial charge in [0.1, 0.15) is 11.5 Å². The van der Waals surface area contributed by atoms with Crippen molar-refractivity contribution in [3.05, 3.63) is 35.0 Å². The van der Waals surface area contributed by atoms with Crippen molar-refractivity contribution in [2.24, 2.45) is 0 Å². The van der Waals surface area contributed by atoms with Crippen LogP contribution in [-0.4, -0.2) is 19.7 Å². The van der Waals surface area contributed by atoms with Crippen molar-refractivity contribution in [1.82, 2.24) is 19.7 Å². The fourth-order valence-corrected chi connectivity index (χ4v) is 2.31. The standard InChI is InChI=1S/C12H14Cl2N4/c1-12(2,3)10-8(6-13)11(14)18(17-10)9-4-5-15-7-16-9/h4-5,7H,6H2,1-3H3. The Kier molecular flexibility index (Phi) is 3.59. The molecule has 2 aromatic heterocycles. The molecule has 6 heteroatoms. The number of alkyl halides is 1. The summed E-state index contributed by atoms with van der Waals surface area (Å²) in [5, 5.41) is 5.04. The molecule has 0 amide bonds. The zero-order valence-corrected chi connectivity index (χ0v) is 12.0. The van der Waals surface area contributed by atoms with E-state index >= 15 is 0 Å². The highest BCUT2D eigenvalue weighted by molar-refractivity contribution is 6.31. The van der Waals surface area contributed by atoms with Crippen molar-refractivity contribution in [3.63, 3.8) is 0 Å². The maximum atomic E-state index is 6.33. The topological polar surface area (TPSA) is 43.6 Å². The van der Waals surface area contributed by atoms with Crippen LogP contribution in [0.3, 0.4) is 0 Å². The third-order valence-corrected chi connectivity index (χ3v) is 3.20.